The van der Waals surface area contributed by atoms with Gasteiger partial charge in [0, 0.05) is 12.4 Å². The summed E-state index contributed by atoms with van der Waals surface area (Å²) < 4.78 is 5.02. The maximum atomic E-state index is 5.71. The zero-order chi connectivity index (χ0) is 12.7. The number of ether oxygens (including phenoxy) is 1. The second kappa shape index (κ2) is 6.64. The molecule has 17 heavy (non-hydrogen) atoms. The summed E-state index contributed by atoms with van der Waals surface area (Å²) in [5, 5.41) is 3.27. The Morgan fingerprint density at radius 3 is 2.82 bits per heavy atom. The normalized spacial score (nSPS) is 11.3. The Hall–Kier alpha value is -1.03. The van der Waals surface area contributed by atoms with E-state index >= 15 is 0 Å². The van der Waals surface area contributed by atoms with Crippen molar-refractivity contribution in [1.82, 2.24) is 9.97 Å². The van der Waals surface area contributed by atoms with Crippen molar-refractivity contribution >= 4 is 17.4 Å². The number of alkyl halides is 1. The first-order valence-electron chi connectivity index (χ1n) is 5.73. The van der Waals surface area contributed by atoms with Crippen LogP contribution in [0.2, 0.25) is 0 Å². The molecule has 1 N–H and O–H groups in total. The molecule has 1 heterocycles. The van der Waals surface area contributed by atoms with Crippen LogP contribution in [-0.2, 0) is 0 Å². The SMILES string of the molecule is COc1cncc(NCC(C)(C)CCCCl)n1. The Kier molecular flexibility index (Phi) is 5.48. The van der Waals surface area contributed by atoms with E-state index in [1.54, 1.807) is 19.5 Å². The van der Waals surface area contributed by atoms with E-state index in [0.717, 1.165) is 25.2 Å². The van der Waals surface area contributed by atoms with Crippen LogP contribution in [0.3, 0.4) is 0 Å². The van der Waals surface area contributed by atoms with Crippen LogP contribution in [0.1, 0.15) is 26.7 Å². The first kappa shape index (κ1) is 14.0. The average Bonchev–Trinajstić information content (AvgIpc) is 2.34. The summed E-state index contributed by atoms with van der Waals surface area (Å²) in [7, 11) is 1.58. The fraction of sp³-hybridized carbons (Fsp3) is 0.667. The molecule has 0 saturated carbocycles. The first-order chi connectivity index (χ1) is 8.07. The molecule has 4 nitrogen and oxygen atoms in total. The van der Waals surface area contributed by atoms with Crippen molar-refractivity contribution in [2.75, 3.05) is 24.9 Å². The van der Waals surface area contributed by atoms with Gasteiger partial charge in [-0.05, 0) is 18.3 Å². The molecule has 0 atom stereocenters. The number of anilines is 1. The summed E-state index contributed by atoms with van der Waals surface area (Å²) in [5.41, 5.74) is 0.194. The highest BCUT2D eigenvalue weighted by Gasteiger charge is 2.17. The van der Waals surface area contributed by atoms with Gasteiger partial charge < -0.3 is 10.1 Å². The van der Waals surface area contributed by atoms with E-state index in [1.807, 2.05) is 0 Å². The molecule has 1 aromatic rings. The van der Waals surface area contributed by atoms with Crippen molar-refractivity contribution in [2.45, 2.75) is 26.7 Å². The minimum atomic E-state index is 0.194. The Morgan fingerprint density at radius 2 is 2.18 bits per heavy atom. The summed E-state index contributed by atoms with van der Waals surface area (Å²) in [6, 6.07) is 0. The van der Waals surface area contributed by atoms with Crippen LogP contribution >= 0.6 is 11.6 Å². The molecular formula is C12H20ClN3O. The maximum Gasteiger partial charge on any atom is 0.233 e. The van der Waals surface area contributed by atoms with Gasteiger partial charge in [0.05, 0.1) is 19.5 Å². The third kappa shape index (κ3) is 5.22. The topological polar surface area (TPSA) is 47.0 Å². The van der Waals surface area contributed by atoms with Crippen molar-refractivity contribution in [3.63, 3.8) is 0 Å². The number of rotatable bonds is 7. The number of nitrogens with one attached hydrogen (secondary N) is 1. The number of halogens is 1. The van der Waals surface area contributed by atoms with Crippen LogP contribution in [0.4, 0.5) is 5.82 Å². The Labute approximate surface area is 108 Å². The van der Waals surface area contributed by atoms with Gasteiger partial charge in [0.1, 0.15) is 5.82 Å². The van der Waals surface area contributed by atoms with Gasteiger partial charge in [0.2, 0.25) is 5.88 Å². The maximum absolute atomic E-state index is 5.71. The lowest BCUT2D eigenvalue weighted by molar-refractivity contribution is 0.354. The molecule has 0 unspecified atom stereocenters. The second-order valence-corrected chi connectivity index (χ2v) is 5.13. The average molecular weight is 258 g/mol. The van der Waals surface area contributed by atoms with Crippen LogP contribution in [0.25, 0.3) is 0 Å². The fourth-order valence-corrected chi connectivity index (χ4v) is 1.63. The molecule has 0 aliphatic carbocycles. The van der Waals surface area contributed by atoms with Gasteiger partial charge in [-0.2, -0.15) is 4.98 Å². The third-order valence-corrected chi connectivity index (χ3v) is 2.82. The molecule has 0 amide bonds. The molecule has 0 saturated heterocycles. The first-order valence-corrected chi connectivity index (χ1v) is 6.27. The quantitative estimate of drug-likeness (QED) is 0.763. The van der Waals surface area contributed by atoms with Crippen molar-refractivity contribution in [3.8, 4) is 5.88 Å². The van der Waals surface area contributed by atoms with Crippen LogP contribution in [0, 0.1) is 5.41 Å². The van der Waals surface area contributed by atoms with Gasteiger partial charge in [-0.15, -0.1) is 11.6 Å². The van der Waals surface area contributed by atoms with E-state index in [9.17, 15) is 0 Å². The smallest absolute Gasteiger partial charge is 0.233 e. The van der Waals surface area contributed by atoms with Gasteiger partial charge in [-0.1, -0.05) is 13.8 Å². The highest BCUT2D eigenvalue weighted by molar-refractivity contribution is 6.17. The van der Waals surface area contributed by atoms with E-state index in [0.29, 0.717) is 11.8 Å². The molecule has 1 rings (SSSR count). The predicted molar refractivity (Wildman–Crippen MR) is 70.8 cm³/mol. The number of nitrogens with zero attached hydrogens (tertiary/aromatic N) is 2. The molecular weight excluding hydrogens is 238 g/mol. The van der Waals surface area contributed by atoms with Crippen LogP contribution in [-0.4, -0.2) is 29.5 Å². The van der Waals surface area contributed by atoms with Gasteiger partial charge in [-0.3, -0.25) is 4.98 Å². The van der Waals surface area contributed by atoms with E-state index in [1.165, 1.54) is 0 Å². The zero-order valence-electron chi connectivity index (χ0n) is 10.7. The second-order valence-electron chi connectivity index (χ2n) is 4.76. The molecule has 0 radical (unpaired) electrons. The lowest BCUT2D eigenvalue weighted by Crippen LogP contribution is -2.23. The molecule has 1 aromatic heterocycles. The number of aromatic nitrogens is 2. The Morgan fingerprint density at radius 1 is 1.41 bits per heavy atom. The van der Waals surface area contributed by atoms with Gasteiger partial charge in [0.25, 0.3) is 0 Å². The van der Waals surface area contributed by atoms with Crippen LogP contribution in [0.15, 0.2) is 12.4 Å². The summed E-state index contributed by atoms with van der Waals surface area (Å²) >= 11 is 5.71. The Balaban J connectivity index is 2.48. The summed E-state index contributed by atoms with van der Waals surface area (Å²) in [4.78, 5) is 8.30. The summed E-state index contributed by atoms with van der Waals surface area (Å²) in [6.07, 6.45) is 5.39. The van der Waals surface area contributed by atoms with E-state index in [2.05, 4.69) is 29.1 Å². The third-order valence-electron chi connectivity index (χ3n) is 2.56. The van der Waals surface area contributed by atoms with E-state index in [4.69, 9.17) is 16.3 Å². The molecule has 0 spiro atoms. The molecule has 0 bridgehead atoms. The Bertz CT molecular complexity index is 344. The highest BCUT2D eigenvalue weighted by Crippen LogP contribution is 2.23. The molecule has 96 valence electrons. The molecule has 0 aromatic carbocycles. The minimum Gasteiger partial charge on any atom is -0.480 e. The van der Waals surface area contributed by atoms with Gasteiger partial charge in [0.15, 0.2) is 0 Å². The number of hydrogen-bond acceptors (Lipinski definition) is 4. The minimum absolute atomic E-state index is 0.194. The van der Waals surface area contributed by atoms with Crippen LogP contribution in [0.5, 0.6) is 5.88 Å². The van der Waals surface area contributed by atoms with E-state index < -0.39 is 0 Å². The molecule has 0 aliphatic rings. The predicted octanol–water partition coefficient (Wildman–Crippen LogP) is 2.94. The van der Waals surface area contributed by atoms with Crippen molar-refractivity contribution in [3.05, 3.63) is 12.4 Å². The largest absolute Gasteiger partial charge is 0.480 e. The molecule has 0 fully saturated rings. The monoisotopic (exact) mass is 257 g/mol. The molecule has 0 aliphatic heterocycles. The highest BCUT2D eigenvalue weighted by atomic mass is 35.5. The van der Waals surface area contributed by atoms with Crippen molar-refractivity contribution in [2.24, 2.45) is 5.41 Å². The van der Waals surface area contributed by atoms with Gasteiger partial charge in [-0.25, -0.2) is 0 Å². The molecule has 5 heteroatoms. The standard InChI is InChI=1S/C12H20ClN3O/c1-12(2,5-4-6-13)9-15-10-7-14-8-11(16-10)17-3/h7-8H,4-6,9H2,1-3H3,(H,15,16). The van der Waals surface area contributed by atoms with Crippen molar-refractivity contribution in [1.29, 1.82) is 0 Å². The van der Waals surface area contributed by atoms with Gasteiger partial charge >= 0.3 is 0 Å². The summed E-state index contributed by atoms with van der Waals surface area (Å²) in [5.74, 6) is 1.97. The van der Waals surface area contributed by atoms with E-state index in [-0.39, 0.29) is 5.41 Å². The van der Waals surface area contributed by atoms with Crippen molar-refractivity contribution < 1.29 is 4.74 Å². The number of methoxy groups -OCH3 is 1. The lowest BCUT2D eigenvalue weighted by Gasteiger charge is -2.24. The zero-order valence-corrected chi connectivity index (χ0v) is 11.4. The number of hydrogen-bond donors (Lipinski definition) is 1. The lowest BCUT2D eigenvalue weighted by atomic mass is 9.88. The fourth-order valence-electron chi connectivity index (χ4n) is 1.50. The van der Waals surface area contributed by atoms with Crippen LogP contribution < -0.4 is 10.1 Å². The summed E-state index contributed by atoms with van der Waals surface area (Å²) in [6.45, 7) is 5.26.